The number of rotatable bonds is 5. The van der Waals surface area contributed by atoms with Gasteiger partial charge in [-0.25, -0.2) is 0 Å². The Kier molecular flexibility index (Phi) is 4.69. The fraction of sp³-hybridized carbons (Fsp3) is 0.444. The second kappa shape index (κ2) is 5.81. The fourth-order valence-electron chi connectivity index (χ4n) is 1.27. The number of methoxy groups -OCH3 is 3. The van der Waals surface area contributed by atoms with Crippen LogP contribution in [-0.2, 0) is 9.47 Å². The van der Waals surface area contributed by atoms with E-state index in [2.05, 4.69) is 4.98 Å². The molecule has 0 aliphatic heterocycles. The lowest BCUT2D eigenvalue weighted by Crippen LogP contribution is -2.30. The third-order valence-electron chi connectivity index (χ3n) is 2.07. The van der Waals surface area contributed by atoms with Crippen molar-refractivity contribution in [3.05, 3.63) is 18.0 Å². The maximum Gasteiger partial charge on any atom is 0.490 e. The van der Waals surface area contributed by atoms with Crippen LogP contribution in [-0.4, -0.2) is 43.5 Å². The average Bonchev–Trinajstić information content (AvgIpc) is 2.30. The molecule has 1 heterocycles. The Morgan fingerprint density at radius 3 is 2.31 bits per heavy atom. The number of ether oxygens (including phenoxy) is 3. The molecule has 1 rings (SSSR count). The Hall–Kier alpha value is -1.15. The Balaban J connectivity index is 3.10. The Morgan fingerprint density at radius 1 is 1.25 bits per heavy atom. The summed E-state index contributed by atoms with van der Waals surface area (Å²) in [6, 6.07) is 1.47. The summed E-state index contributed by atoms with van der Waals surface area (Å²) in [6.07, 6.45) is 0.674. The first-order valence-corrected chi connectivity index (χ1v) is 4.59. The van der Waals surface area contributed by atoms with Crippen LogP contribution >= 0.6 is 0 Å². The molecule has 1 aromatic heterocycles. The quantitative estimate of drug-likeness (QED) is 0.499. The molecule has 0 aliphatic carbocycles. The van der Waals surface area contributed by atoms with E-state index in [4.69, 9.17) is 24.3 Å². The third kappa shape index (κ3) is 2.70. The second-order valence-electron chi connectivity index (χ2n) is 3.03. The van der Waals surface area contributed by atoms with E-state index in [0.717, 1.165) is 0 Å². The van der Waals surface area contributed by atoms with Crippen molar-refractivity contribution in [1.82, 2.24) is 4.98 Å². The molecule has 0 unspecified atom stereocenters. The minimum absolute atomic E-state index is 0.242. The number of nitrogens with zero attached hydrogens (tertiary/aromatic N) is 1. The molecule has 0 fully saturated rings. The summed E-state index contributed by atoms with van der Waals surface area (Å²) in [4.78, 5) is 4.02. The Bertz CT molecular complexity index is 343. The van der Waals surface area contributed by atoms with E-state index in [0.29, 0.717) is 11.4 Å². The molecule has 1 aromatic rings. The van der Waals surface area contributed by atoms with Gasteiger partial charge >= 0.3 is 7.12 Å². The van der Waals surface area contributed by atoms with Gasteiger partial charge in [-0.1, -0.05) is 0 Å². The summed E-state index contributed by atoms with van der Waals surface area (Å²) < 4.78 is 15.2. The fourth-order valence-corrected chi connectivity index (χ4v) is 1.27. The van der Waals surface area contributed by atoms with Crippen molar-refractivity contribution in [1.29, 1.82) is 0 Å². The molecule has 2 N–H and O–H groups in total. The van der Waals surface area contributed by atoms with Gasteiger partial charge in [-0.05, 0) is 6.07 Å². The van der Waals surface area contributed by atoms with Crippen LogP contribution in [0.25, 0.3) is 0 Å². The lowest BCUT2D eigenvalue weighted by atomic mass is 9.81. The molecule has 0 bridgehead atoms. The van der Waals surface area contributed by atoms with Crippen molar-refractivity contribution in [3.63, 3.8) is 0 Å². The number of aromatic nitrogens is 1. The summed E-state index contributed by atoms with van der Waals surface area (Å²) in [5.74, 6) is 0.374. The first-order valence-electron chi connectivity index (χ1n) is 4.59. The highest BCUT2D eigenvalue weighted by Crippen LogP contribution is 2.24. The summed E-state index contributed by atoms with van der Waals surface area (Å²) in [5.41, 5.74) is 0.684. The molecular weight excluding hydrogens is 213 g/mol. The predicted octanol–water partition coefficient (Wildman–Crippen LogP) is -0.939. The van der Waals surface area contributed by atoms with Crippen LogP contribution in [0, 0.1) is 0 Å². The highest BCUT2D eigenvalue weighted by atomic mass is 16.7. The van der Waals surface area contributed by atoms with Gasteiger partial charge < -0.3 is 24.3 Å². The van der Waals surface area contributed by atoms with E-state index < -0.39 is 13.4 Å². The number of hydrogen-bond acceptors (Lipinski definition) is 6. The van der Waals surface area contributed by atoms with Crippen molar-refractivity contribution < 1.29 is 24.3 Å². The van der Waals surface area contributed by atoms with Gasteiger partial charge in [0, 0.05) is 25.9 Å². The first-order chi connectivity index (χ1) is 7.63. The summed E-state index contributed by atoms with van der Waals surface area (Å²) >= 11 is 0. The predicted molar refractivity (Wildman–Crippen MR) is 57.4 cm³/mol. The highest BCUT2D eigenvalue weighted by Gasteiger charge is 2.20. The van der Waals surface area contributed by atoms with Crippen LogP contribution in [0.15, 0.2) is 12.3 Å². The molecule has 7 heteroatoms. The SMILES string of the molecule is COc1cc(B(O)O)cnc1C(OC)OC. The molecular formula is C9H14BNO5. The molecule has 16 heavy (non-hydrogen) atoms. The molecule has 0 radical (unpaired) electrons. The van der Waals surface area contributed by atoms with E-state index >= 15 is 0 Å². The maximum atomic E-state index is 8.99. The van der Waals surface area contributed by atoms with Gasteiger partial charge in [0.15, 0.2) is 0 Å². The van der Waals surface area contributed by atoms with Crippen molar-refractivity contribution >= 4 is 12.6 Å². The van der Waals surface area contributed by atoms with Gasteiger partial charge in [0.2, 0.25) is 6.29 Å². The zero-order chi connectivity index (χ0) is 12.1. The summed E-state index contributed by atoms with van der Waals surface area (Å²) in [5, 5.41) is 18.0. The van der Waals surface area contributed by atoms with Crippen molar-refractivity contribution in [2.75, 3.05) is 21.3 Å². The van der Waals surface area contributed by atoms with Crippen molar-refractivity contribution in [2.24, 2.45) is 0 Å². The van der Waals surface area contributed by atoms with Crippen LogP contribution in [0.3, 0.4) is 0 Å². The van der Waals surface area contributed by atoms with Gasteiger partial charge in [-0.3, -0.25) is 4.98 Å². The van der Waals surface area contributed by atoms with Crippen LogP contribution in [0.5, 0.6) is 5.75 Å². The van der Waals surface area contributed by atoms with E-state index in [1.54, 1.807) is 0 Å². The second-order valence-corrected chi connectivity index (χ2v) is 3.03. The van der Waals surface area contributed by atoms with Crippen molar-refractivity contribution in [3.8, 4) is 5.75 Å². The molecule has 0 aromatic carbocycles. The summed E-state index contributed by atoms with van der Waals surface area (Å²) in [7, 11) is 2.82. The molecule has 6 nitrogen and oxygen atoms in total. The zero-order valence-electron chi connectivity index (χ0n) is 9.38. The van der Waals surface area contributed by atoms with Gasteiger partial charge in [0.25, 0.3) is 0 Å². The Morgan fingerprint density at radius 2 is 1.88 bits per heavy atom. The van der Waals surface area contributed by atoms with Gasteiger partial charge in [0.05, 0.1) is 7.11 Å². The van der Waals surface area contributed by atoms with E-state index in [9.17, 15) is 0 Å². The van der Waals surface area contributed by atoms with Gasteiger partial charge in [0.1, 0.15) is 11.4 Å². The molecule has 0 saturated heterocycles. The lowest BCUT2D eigenvalue weighted by molar-refractivity contribution is -0.109. The first kappa shape index (κ1) is 12.9. The van der Waals surface area contributed by atoms with Gasteiger partial charge in [-0.15, -0.1) is 0 Å². The highest BCUT2D eigenvalue weighted by molar-refractivity contribution is 6.58. The topological polar surface area (TPSA) is 81.0 Å². The Labute approximate surface area is 93.9 Å². The third-order valence-corrected chi connectivity index (χ3v) is 2.07. The van der Waals surface area contributed by atoms with E-state index in [1.165, 1.54) is 33.6 Å². The van der Waals surface area contributed by atoms with E-state index in [-0.39, 0.29) is 5.46 Å². The zero-order valence-corrected chi connectivity index (χ0v) is 9.38. The number of pyridine rings is 1. The molecule has 0 spiro atoms. The van der Waals surface area contributed by atoms with E-state index in [1.807, 2.05) is 0 Å². The molecule has 0 amide bonds. The maximum absolute atomic E-state index is 8.99. The average molecular weight is 227 g/mol. The molecule has 0 saturated carbocycles. The monoisotopic (exact) mass is 227 g/mol. The molecule has 0 aliphatic rings. The minimum atomic E-state index is -1.58. The van der Waals surface area contributed by atoms with Crippen LogP contribution in [0.2, 0.25) is 0 Å². The largest absolute Gasteiger partial charge is 0.495 e. The normalized spacial score (nSPS) is 10.6. The van der Waals surface area contributed by atoms with Crippen LogP contribution in [0.4, 0.5) is 0 Å². The van der Waals surface area contributed by atoms with Crippen LogP contribution < -0.4 is 10.2 Å². The molecule has 88 valence electrons. The minimum Gasteiger partial charge on any atom is -0.495 e. The smallest absolute Gasteiger partial charge is 0.490 e. The standard InChI is InChI=1S/C9H14BNO5/c1-14-7-4-6(10(12)13)5-11-8(7)9(15-2)16-3/h4-5,9,12-13H,1-3H3. The van der Waals surface area contributed by atoms with Crippen molar-refractivity contribution in [2.45, 2.75) is 6.29 Å². The number of hydrogen-bond donors (Lipinski definition) is 2. The van der Waals surface area contributed by atoms with Crippen LogP contribution in [0.1, 0.15) is 12.0 Å². The van der Waals surface area contributed by atoms with Gasteiger partial charge in [-0.2, -0.15) is 0 Å². The molecule has 0 atom stereocenters. The summed E-state index contributed by atoms with van der Waals surface area (Å²) in [6.45, 7) is 0. The lowest BCUT2D eigenvalue weighted by Gasteiger charge is -2.16.